The number of aromatic nitrogens is 5. The first-order valence-electron chi connectivity index (χ1n) is 10.6. The van der Waals surface area contributed by atoms with Crippen LogP contribution >= 0.6 is 23.1 Å². The van der Waals surface area contributed by atoms with Crippen molar-refractivity contribution in [3.8, 4) is 0 Å². The molecule has 0 saturated heterocycles. The smallest absolute Gasteiger partial charge is 0.263 e. The second-order valence-electron chi connectivity index (χ2n) is 8.27. The van der Waals surface area contributed by atoms with Gasteiger partial charge in [-0.05, 0) is 49.7 Å². The maximum absolute atomic E-state index is 13.5. The molecular formula is C22H25N5OS2. The van der Waals surface area contributed by atoms with Crippen LogP contribution in [-0.4, -0.2) is 23.9 Å². The van der Waals surface area contributed by atoms with E-state index in [-0.39, 0.29) is 5.56 Å². The number of thiophene rings is 1. The molecule has 156 valence electrons. The Labute approximate surface area is 183 Å². The van der Waals surface area contributed by atoms with E-state index in [9.17, 15) is 4.79 Å². The molecule has 0 fully saturated rings. The number of aryl methyl sites for hydroxylation is 2. The third-order valence-electron chi connectivity index (χ3n) is 5.60. The van der Waals surface area contributed by atoms with Crippen LogP contribution in [0.5, 0.6) is 0 Å². The largest absolute Gasteiger partial charge is 0.291 e. The van der Waals surface area contributed by atoms with E-state index < -0.39 is 0 Å². The van der Waals surface area contributed by atoms with Crippen LogP contribution < -0.4 is 5.56 Å². The van der Waals surface area contributed by atoms with Gasteiger partial charge in [0.2, 0.25) is 5.78 Å². The Bertz CT molecular complexity index is 1240. The number of thioether (sulfide) groups is 1. The van der Waals surface area contributed by atoms with Gasteiger partial charge in [0.05, 0.1) is 11.1 Å². The average Bonchev–Trinajstić information content (AvgIpc) is 3.32. The van der Waals surface area contributed by atoms with E-state index in [1.54, 1.807) is 29.3 Å². The Morgan fingerprint density at radius 2 is 2.10 bits per heavy atom. The van der Waals surface area contributed by atoms with Crippen molar-refractivity contribution < 1.29 is 0 Å². The van der Waals surface area contributed by atoms with Crippen LogP contribution in [-0.2, 0) is 25.1 Å². The predicted octanol–water partition coefficient (Wildman–Crippen LogP) is 4.72. The van der Waals surface area contributed by atoms with E-state index >= 15 is 0 Å². The second-order valence-corrected chi connectivity index (χ2v) is 10.3. The van der Waals surface area contributed by atoms with Gasteiger partial charge < -0.3 is 0 Å². The fourth-order valence-electron chi connectivity index (χ4n) is 4.00. The average molecular weight is 440 g/mol. The summed E-state index contributed by atoms with van der Waals surface area (Å²) in [6.07, 6.45) is 11.1. The summed E-state index contributed by atoms with van der Waals surface area (Å²) >= 11 is 3.32. The fourth-order valence-corrected chi connectivity index (χ4v) is 6.21. The van der Waals surface area contributed by atoms with Crippen molar-refractivity contribution in [2.45, 2.75) is 63.4 Å². The molecule has 0 aromatic carbocycles. The van der Waals surface area contributed by atoms with Gasteiger partial charge in [-0.1, -0.05) is 25.6 Å². The fraction of sp³-hybridized carbons (Fsp3) is 0.455. The maximum Gasteiger partial charge on any atom is 0.263 e. The van der Waals surface area contributed by atoms with Crippen LogP contribution in [0.2, 0.25) is 0 Å². The van der Waals surface area contributed by atoms with E-state index in [0.29, 0.717) is 24.0 Å². The molecular weight excluding hydrogens is 414 g/mol. The number of rotatable bonds is 6. The minimum absolute atomic E-state index is 0.138. The molecule has 4 heterocycles. The molecule has 4 aromatic rings. The molecule has 0 atom stereocenters. The summed E-state index contributed by atoms with van der Waals surface area (Å²) in [6, 6.07) is 1.89. The third kappa shape index (κ3) is 3.67. The highest BCUT2D eigenvalue weighted by Crippen LogP contribution is 2.35. The topological polar surface area (TPSA) is 65.1 Å². The molecule has 0 unspecified atom stereocenters. The van der Waals surface area contributed by atoms with E-state index in [2.05, 4.69) is 23.8 Å². The van der Waals surface area contributed by atoms with Crippen molar-refractivity contribution in [1.82, 2.24) is 23.9 Å². The number of hydrogen-bond donors (Lipinski definition) is 0. The van der Waals surface area contributed by atoms with Crippen LogP contribution in [0.4, 0.5) is 0 Å². The lowest BCUT2D eigenvalue weighted by molar-refractivity contribution is 0.481. The molecule has 0 amide bonds. The van der Waals surface area contributed by atoms with Crippen molar-refractivity contribution in [3.05, 3.63) is 51.1 Å². The summed E-state index contributed by atoms with van der Waals surface area (Å²) in [4.78, 5) is 29.7. The summed E-state index contributed by atoms with van der Waals surface area (Å²) < 4.78 is 3.83. The normalized spacial score (nSPS) is 14.1. The summed E-state index contributed by atoms with van der Waals surface area (Å²) in [5.41, 5.74) is 2.34. The Morgan fingerprint density at radius 1 is 1.23 bits per heavy atom. The van der Waals surface area contributed by atoms with E-state index in [0.717, 1.165) is 40.3 Å². The number of imidazole rings is 1. The molecule has 0 saturated carbocycles. The van der Waals surface area contributed by atoms with Gasteiger partial charge >= 0.3 is 0 Å². The molecule has 8 heteroatoms. The Kier molecular flexibility index (Phi) is 5.37. The lowest BCUT2D eigenvalue weighted by atomic mass is 9.97. The Balaban J connectivity index is 1.53. The molecule has 0 spiro atoms. The van der Waals surface area contributed by atoms with Crippen LogP contribution in [0, 0.1) is 5.92 Å². The molecule has 0 radical (unpaired) electrons. The monoisotopic (exact) mass is 439 g/mol. The second kappa shape index (κ2) is 8.15. The molecule has 1 aliphatic carbocycles. The minimum Gasteiger partial charge on any atom is -0.291 e. The molecule has 1 aliphatic rings. The van der Waals surface area contributed by atoms with Crippen molar-refractivity contribution in [2.24, 2.45) is 5.92 Å². The zero-order chi connectivity index (χ0) is 20.7. The van der Waals surface area contributed by atoms with E-state index in [1.807, 2.05) is 27.4 Å². The maximum atomic E-state index is 13.5. The summed E-state index contributed by atoms with van der Waals surface area (Å²) in [5, 5.41) is 1.68. The van der Waals surface area contributed by atoms with Gasteiger partial charge in [0, 0.05) is 35.8 Å². The lowest BCUT2D eigenvalue weighted by Crippen LogP contribution is -2.24. The number of nitrogens with zero attached hydrogens (tertiary/aromatic N) is 5. The van der Waals surface area contributed by atoms with Crippen LogP contribution in [0.3, 0.4) is 0 Å². The van der Waals surface area contributed by atoms with Gasteiger partial charge in [-0.25, -0.2) is 15.0 Å². The highest BCUT2D eigenvalue weighted by Gasteiger charge is 2.22. The molecule has 0 aliphatic heterocycles. The van der Waals surface area contributed by atoms with E-state index in [1.165, 1.54) is 23.3 Å². The van der Waals surface area contributed by atoms with Crippen LogP contribution in [0.15, 0.2) is 34.6 Å². The van der Waals surface area contributed by atoms with Gasteiger partial charge in [-0.15, -0.1) is 11.3 Å². The zero-order valence-electron chi connectivity index (χ0n) is 17.3. The Morgan fingerprint density at radius 3 is 2.93 bits per heavy atom. The predicted molar refractivity (Wildman–Crippen MR) is 123 cm³/mol. The highest BCUT2D eigenvalue weighted by atomic mass is 32.2. The van der Waals surface area contributed by atoms with Crippen LogP contribution in [0.1, 0.15) is 49.2 Å². The third-order valence-corrected chi connectivity index (χ3v) is 7.80. The first kappa shape index (κ1) is 19.8. The highest BCUT2D eigenvalue weighted by molar-refractivity contribution is 7.98. The van der Waals surface area contributed by atoms with Crippen molar-refractivity contribution in [3.63, 3.8) is 0 Å². The summed E-state index contributed by atoms with van der Waals surface area (Å²) in [6.45, 7) is 5.10. The van der Waals surface area contributed by atoms with Crippen molar-refractivity contribution in [2.75, 3.05) is 0 Å². The molecule has 4 aromatic heterocycles. The molecule has 6 nitrogen and oxygen atoms in total. The summed E-state index contributed by atoms with van der Waals surface area (Å²) in [5.74, 6) is 1.89. The van der Waals surface area contributed by atoms with Crippen LogP contribution in [0.25, 0.3) is 16.0 Å². The zero-order valence-corrected chi connectivity index (χ0v) is 18.9. The van der Waals surface area contributed by atoms with Gasteiger partial charge in [0.25, 0.3) is 5.56 Å². The van der Waals surface area contributed by atoms with E-state index in [4.69, 9.17) is 4.98 Å². The minimum atomic E-state index is 0.138. The van der Waals surface area contributed by atoms with Gasteiger partial charge in [0.1, 0.15) is 4.83 Å². The molecule has 30 heavy (non-hydrogen) atoms. The first-order chi connectivity index (χ1) is 14.6. The standard InChI is InChI=1S/C22H25N5OS2/c1-14(2)8-11-27-20(28)18-16-6-3-4-7-17(16)30-19(18)25-22(27)29-13-15-12-26-10-5-9-23-21(26)24-15/h5,9-10,12,14H,3-4,6-8,11,13H2,1-2H3. The Hall–Kier alpha value is -2.19. The molecule has 0 bridgehead atoms. The number of fused-ring (bicyclic) bond motifs is 4. The van der Waals surface area contributed by atoms with Gasteiger partial charge in [-0.2, -0.15) is 0 Å². The molecule has 5 rings (SSSR count). The quantitative estimate of drug-likeness (QED) is 0.321. The van der Waals surface area contributed by atoms with Gasteiger partial charge in [0.15, 0.2) is 5.16 Å². The number of hydrogen-bond acceptors (Lipinski definition) is 6. The van der Waals surface area contributed by atoms with Gasteiger partial charge in [-0.3, -0.25) is 13.8 Å². The van der Waals surface area contributed by atoms with Crippen molar-refractivity contribution >= 4 is 39.1 Å². The SMILES string of the molecule is CC(C)CCn1c(SCc2cn3cccnc3n2)nc2sc3c(c2c1=O)CCCC3. The van der Waals surface area contributed by atoms with Crippen molar-refractivity contribution in [1.29, 1.82) is 0 Å². The lowest BCUT2D eigenvalue weighted by Gasteiger charge is -2.14. The first-order valence-corrected chi connectivity index (χ1v) is 12.4. The molecule has 0 N–H and O–H groups in total. The summed E-state index contributed by atoms with van der Waals surface area (Å²) in [7, 11) is 0.